The third-order valence-electron chi connectivity index (χ3n) is 4.77. The number of hydrogen-bond acceptors (Lipinski definition) is 3. The Morgan fingerprint density at radius 3 is 2.47 bits per heavy atom. The highest BCUT2D eigenvalue weighted by atomic mass is 16.2. The molecule has 4 nitrogen and oxygen atoms in total. The summed E-state index contributed by atoms with van der Waals surface area (Å²) in [6.45, 7) is 2.97. The summed E-state index contributed by atoms with van der Waals surface area (Å²) in [5.74, 6) is 0.175. The Labute approximate surface area is 116 Å². The maximum Gasteiger partial charge on any atom is 0.241 e. The summed E-state index contributed by atoms with van der Waals surface area (Å²) in [6.07, 6.45) is 7.67. The predicted octanol–water partition coefficient (Wildman–Crippen LogP) is 2.15. The van der Waals surface area contributed by atoms with Crippen LogP contribution in [0.5, 0.6) is 0 Å². The van der Waals surface area contributed by atoms with Gasteiger partial charge in [0.2, 0.25) is 5.91 Å². The number of nitriles is 1. The molecular weight excluding hydrogens is 238 g/mol. The number of amides is 1. The molecule has 0 aromatic carbocycles. The molecule has 19 heavy (non-hydrogen) atoms. The molecule has 1 heterocycles. The third-order valence-corrected chi connectivity index (χ3v) is 4.77. The lowest BCUT2D eigenvalue weighted by atomic mass is 9.99. The van der Waals surface area contributed by atoms with E-state index in [1.165, 1.54) is 25.7 Å². The molecule has 2 rings (SSSR count). The molecule has 1 aliphatic heterocycles. The standard InChI is InChI=1S/C15H25N3O/c1-12-11-18(13-7-5-3-4-6-8-13)15(19)14(9-10-16)17(12)2/h12-14H,3-9,11H2,1-2H3. The molecule has 2 atom stereocenters. The first-order valence-corrected chi connectivity index (χ1v) is 7.54. The SMILES string of the molecule is CC1CN(C2CCCCCC2)C(=O)C(CC#N)N1C. The minimum absolute atomic E-state index is 0.175. The Bertz CT molecular complexity index is 355. The maximum atomic E-state index is 12.6. The van der Waals surface area contributed by atoms with Crippen molar-refractivity contribution >= 4 is 5.91 Å². The van der Waals surface area contributed by atoms with Crippen LogP contribution in [0.3, 0.4) is 0 Å². The van der Waals surface area contributed by atoms with E-state index in [-0.39, 0.29) is 11.9 Å². The van der Waals surface area contributed by atoms with E-state index in [4.69, 9.17) is 5.26 Å². The van der Waals surface area contributed by atoms with Crippen LogP contribution in [0.1, 0.15) is 51.9 Å². The van der Waals surface area contributed by atoms with Crippen LogP contribution in [0, 0.1) is 11.3 Å². The van der Waals surface area contributed by atoms with Gasteiger partial charge in [-0.1, -0.05) is 25.7 Å². The summed E-state index contributed by atoms with van der Waals surface area (Å²) < 4.78 is 0. The minimum Gasteiger partial charge on any atom is -0.337 e. The smallest absolute Gasteiger partial charge is 0.241 e. The Morgan fingerprint density at radius 2 is 1.89 bits per heavy atom. The van der Waals surface area contributed by atoms with E-state index in [2.05, 4.69) is 22.8 Å². The second-order valence-corrected chi connectivity index (χ2v) is 6.03. The highest BCUT2D eigenvalue weighted by Gasteiger charge is 2.39. The van der Waals surface area contributed by atoms with Gasteiger partial charge in [-0.3, -0.25) is 9.69 Å². The van der Waals surface area contributed by atoms with Crippen molar-refractivity contribution in [2.24, 2.45) is 0 Å². The number of likely N-dealkylation sites (N-methyl/N-ethyl adjacent to an activating group) is 1. The van der Waals surface area contributed by atoms with Gasteiger partial charge in [0.25, 0.3) is 0 Å². The molecule has 0 aromatic rings. The van der Waals surface area contributed by atoms with Crippen molar-refractivity contribution in [1.29, 1.82) is 5.26 Å². The number of hydrogen-bond donors (Lipinski definition) is 0. The monoisotopic (exact) mass is 263 g/mol. The summed E-state index contributed by atoms with van der Waals surface area (Å²) in [5, 5.41) is 8.93. The van der Waals surface area contributed by atoms with Gasteiger partial charge in [0.15, 0.2) is 0 Å². The number of carbonyl (C=O) groups is 1. The lowest BCUT2D eigenvalue weighted by Gasteiger charge is -2.45. The Morgan fingerprint density at radius 1 is 1.26 bits per heavy atom. The zero-order chi connectivity index (χ0) is 13.8. The van der Waals surface area contributed by atoms with E-state index in [1.54, 1.807) is 0 Å². The molecule has 1 aliphatic carbocycles. The quantitative estimate of drug-likeness (QED) is 0.717. The average Bonchev–Trinajstić information content (AvgIpc) is 2.68. The van der Waals surface area contributed by atoms with Crippen molar-refractivity contribution in [1.82, 2.24) is 9.80 Å². The van der Waals surface area contributed by atoms with Crippen LogP contribution in [0.15, 0.2) is 0 Å². The summed E-state index contributed by atoms with van der Waals surface area (Å²) in [4.78, 5) is 16.8. The van der Waals surface area contributed by atoms with Gasteiger partial charge in [-0.25, -0.2) is 0 Å². The van der Waals surface area contributed by atoms with Gasteiger partial charge in [-0.15, -0.1) is 0 Å². The number of carbonyl (C=O) groups excluding carboxylic acids is 1. The molecule has 2 unspecified atom stereocenters. The zero-order valence-electron chi connectivity index (χ0n) is 12.1. The first-order chi connectivity index (χ1) is 9.15. The van der Waals surface area contributed by atoms with E-state index in [1.807, 2.05) is 7.05 Å². The van der Waals surface area contributed by atoms with Gasteiger partial charge in [-0.05, 0) is 26.8 Å². The molecular formula is C15H25N3O. The van der Waals surface area contributed by atoms with Gasteiger partial charge < -0.3 is 4.90 Å². The molecule has 2 fully saturated rings. The van der Waals surface area contributed by atoms with Crippen LogP contribution in [0.25, 0.3) is 0 Å². The number of piperazine rings is 1. The second-order valence-electron chi connectivity index (χ2n) is 6.03. The fourth-order valence-corrected chi connectivity index (χ4v) is 3.39. The molecule has 1 saturated heterocycles. The van der Waals surface area contributed by atoms with Crippen molar-refractivity contribution in [3.05, 3.63) is 0 Å². The Hall–Kier alpha value is -1.08. The van der Waals surface area contributed by atoms with Gasteiger partial charge in [0, 0.05) is 18.6 Å². The van der Waals surface area contributed by atoms with E-state index < -0.39 is 0 Å². The van der Waals surface area contributed by atoms with E-state index in [9.17, 15) is 4.79 Å². The molecule has 0 N–H and O–H groups in total. The first kappa shape index (κ1) is 14.3. The second kappa shape index (κ2) is 6.38. The van der Waals surface area contributed by atoms with Crippen molar-refractivity contribution in [3.8, 4) is 6.07 Å². The first-order valence-electron chi connectivity index (χ1n) is 7.54. The molecule has 4 heteroatoms. The van der Waals surface area contributed by atoms with Crippen LogP contribution < -0.4 is 0 Å². The Balaban J connectivity index is 2.11. The zero-order valence-corrected chi connectivity index (χ0v) is 12.1. The summed E-state index contributed by atoms with van der Waals surface area (Å²) >= 11 is 0. The van der Waals surface area contributed by atoms with Crippen LogP contribution in [-0.2, 0) is 4.79 Å². The molecule has 0 bridgehead atoms. The summed E-state index contributed by atoms with van der Waals surface area (Å²) in [6, 6.07) is 2.68. The van der Waals surface area contributed by atoms with Crippen LogP contribution in [0.4, 0.5) is 0 Å². The summed E-state index contributed by atoms with van der Waals surface area (Å²) in [7, 11) is 1.97. The van der Waals surface area contributed by atoms with Crippen molar-refractivity contribution in [3.63, 3.8) is 0 Å². The minimum atomic E-state index is -0.239. The number of nitrogens with zero attached hydrogens (tertiary/aromatic N) is 3. The van der Waals surface area contributed by atoms with Gasteiger partial charge in [0.1, 0.15) is 6.04 Å². The van der Waals surface area contributed by atoms with Crippen molar-refractivity contribution in [2.75, 3.05) is 13.6 Å². The lowest BCUT2D eigenvalue weighted by molar-refractivity contribution is -0.146. The summed E-state index contributed by atoms with van der Waals surface area (Å²) in [5.41, 5.74) is 0. The normalized spacial score (nSPS) is 31.0. The molecule has 0 aromatic heterocycles. The van der Waals surface area contributed by atoms with E-state index in [0.717, 1.165) is 19.4 Å². The highest BCUT2D eigenvalue weighted by molar-refractivity contribution is 5.83. The van der Waals surface area contributed by atoms with Gasteiger partial charge in [0.05, 0.1) is 12.5 Å². The molecule has 0 radical (unpaired) electrons. The van der Waals surface area contributed by atoms with Crippen LogP contribution >= 0.6 is 0 Å². The molecule has 106 valence electrons. The molecule has 1 amide bonds. The van der Waals surface area contributed by atoms with E-state index >= 15 is 0 Å². The highest BCUT2D eigenvalue weighted by Crippen LogP contribution is 2.27. The van der Waals surface area contributed by atoms with Gasteiger partial charge in [-0.2, -0.15) is 5.26 Å². The average molecular weight is 263 g/mol. The van der Waals surface area contributed by atoms with Crippen molar-refractivity contribution in [2.45, 2.75) is 70.0 Å². The third kappa shape index (κ3) is 3.09. The van der Waals surface area contributed by atoms with Gasteiger partial charge >= 0.3 is 0 Å². The molecule has 2 aliphatic rings. The Kier molecular flexibility index (Phi) is 4.81. The van der Waals surface area contributed by atoms with Crippen LogP contribution in [-0.4, -0.2) is 47.4 Å². The largest absolute Gasteiger partial charge is 0.337 e. The maximum absolute atomic E-state index is 12.6. The van der Waals surface area contributed by atoms with Crippen LogP contribution in [0.2, 0.25) is 0 Å². The molecule has 0 spiro atoms. The number of rotatable bonds is 2. The lowest BCUT2D eigenvalue weighted by Crippen LogP contribution is -2.61. The molecule has 1 saturated carbocycles. The predicted molar refractivity (Wildman–Crippen MR) is 74.4 cm³/mol. The fourth-order valence-electron chi connectivity index (χ4n) is 3.39. The fraction of sp³-hybridized carbons (Fsp3) is 0.867. The van der Waals surface area contributed by atoms with Crippen molar-refractivity contribution < 1.29 is 4.79 Å². The van der Waals surface area contributed by atoms with E-state index in [0.29, 0.717) is 18.5 Å². The topological polar surface area (TPSA) is 47.3 Å².